The third kappa shape index (κ3) is 4.40. The molecule has 5 heteroatoms. The van der Waals surface area contributed by atoms with Crippen molar-refractivity contribution < 1.29 is 9.53 Å². The summed E-state index contributed by atoms with van der Waals surface area (Å²) < 4.78 is 5.25. The van der Waals surface area contributed by atoms with E-state index in [2.05, 4.69) is 23.8 Å². The monoisotopic (exact) mass is 232 g/mol. The maximum absolute atomic E-state index is 11.8. The van der Waals surface area contributed by atoms with Crippen LogP contribution in [-0.4, -0.2) is 49.8 Å². The molecule has 1 heterocycles. The van der Waals surface area contributed by atoms with Crippen LogP contribution in [0, 0.1) is 0 Å². The minimum Gasteiger partial charge on any atom is -0.378 e. The van der Waals surface area contributed by atoms with Crippen molar-refractivity contribution in [1.29, 1.82) is 0 Å². The fraction of sp³-hybridized carbons (Fsp3) is 0.900. The topological polar surface area (TPSA) is 50.4 Å². The number of hydrogen-bond donors (Lipinski definition) is 2. The quantitative estimate of drug-likeness (QED) is 0.712. The molecule has 0 radical (unpaired) electrons. The van der Waals surface area contributed by atoms with E-state index in [9.17, 15) is 4.79 Å². The van der Waals surface area contributed by atoms with Crippen LogP contribution in [0.3, 0.4) is 0 Å². The van der Waals surface area contributed by atoms with Crippen LogP contribution in [0.2, 0.25) is 0 Å². The maximum atomic E-state index is 11.8. The smallest absolute Gasteiger partial charge is 0.239 e. The zero-order valence-electron chi connectivity index (χ0n) is 9.41. The lowest BCUT2D eigenvalue weighted by Gasteiger charge is -2.25. The van der Waals surface area contributed by atoms with Crippen LogP contribution in [0.1, 0.15) is 13.3 Å². The second-order valence-corrected chi connectivity index (χ2v) is 4.56. The Hall–Kier alpha value is -0.260. The van der Waals surface area contributed by atoms with Crippen molar-refractivity contribution in [3.05, 3.63) is 0 Å². The molecule has 88 valence electrons. The molecule has 2 atom stereocenters. The summed E-state index contributed by atoms with van der Waals surface area (Å²) in [4.78, 5) is 11.8. The second-order valence-electron chi connectivity index (χ2n) is 3.65. The van der Waals surface area contributed by atoms with Gasteiger partial charge in [0.1, 0.15) is 6.04 Å². The van der Waals surface area contributed by atoms with Crippen molar-refractivity contribution in [3.8, 4) is 0 Å². The SMILES string of the molecule is CCC(CSC)NC(=O)C1COCCN1. The Bertz CT molecular complexity index is 196. The Balaban J connectivity index is 2.31. The molecule has 1 rings (SSSR count). The second kappa shape index (κ2) is 7.09. The first-order valence-electron chi connectivity index (χ1n) is 5.38. The standard InChI is InChI=1S/C10H20N2O2S/c1-3-8(7-15-2)12-10(13)9-6-14-5-4-11-9/h8-9,11H,3-7H2,1-2H3,(H,12,13). The molecule has 1 amide bonds. The highest BCUT2D eigenvalue weighted by Gasteiger charge is 2.22. The Kier molecular flexibility index (Phi) is 6.05. The van der Waals surface area contributed by atoms with Gasteiger partial charge in [0.15, 0.2) is 0 Å². The zero-order valence-corrected chi connectivity index (χ0v) is 10.2. The normalized spacial score (nSPS) is 23.5. The summed E-state index contributed by atoms with van der Waals surface area (Å²) in [6.07, 6.45) is 3.02. The summed E-state index contributed by atoms with van der Waals surface area (Å²) in [7, 11) is 0. The van der Waals surface area contributed by atoms with Gasteiger partial charge in [-0.25, -0.2) is 0 Å². The number of carbonyl (C=O) groups is 1. The third-order valence-corrected chi connectivity index (χ3v) is 3.18. The molecule has 4 nitrogen and oxygen atoms in total. The molecule has 1 aliphatic rings. The van der Waals surface area contributed by atoms with E-state index in [0.29, 0.717) is 13.2 Å². The van der Waals surface area contributed by atoms with Gasteiger partial charge < -0.3 is 15.4 Å². The van der Waals surface area contributed by atoms with Crippen molar-refractivity contribution in [3.63, 3.8) is 0 Å². The molecular formula is C10H20N2O2S. The Morgan fingerprint density at radius 1 is 1.73 bits per heavy atom. The van der Waals surface area contributed by atoms with E-state index >= 15 is 0 Å². The van der Waals surface area contributed by atoms with E-state index in [1.54, 1.807) is 11.8 Å². The van der Waals surface area contributed by atoms with E-state index in [1.165, 1.54) is 0 Å². The molecule has 0 aromatic carbocycles. The largest absolute Gasteiger partial charge is 0.378 e. The predicted octanol–water partition coefficient (Wildman–Crippen LogP) is 0.233. The Morgan fingerprint density at radius 3 is 3.07 bits per heavy atom. The highest BCUT2D eigenvalue weighted by atomic mass is 32.2. The maximum Gasteiger partial charge on any atom is 0.239 e. The minimum absolute atomic E-state index is 0.0654. The van der Waals surface area contributed by atoms with Gasteiger partial charge in [0.05, 0.1) is 13.2 Å². The average molecular weight is 232 g/mol. The molecule has 0 bridgehead atoms. The van der Waals surface area contributed by atoms with Crippen molar-refractivity contribution in [2.24, 2.45) is 0 Å². The van der Waals surface area contributed by atoms with Gasteiger partial charge in [-0.05, 0) is 12.7 Å². The number of hydrogen-bond acceptors (Lipinski definition) is 4. The minimum atomic E-state index is -0.172. The van der Waals surface area contributed by atoms with E-state index in [1.807, 2.05) is 0 Å². The summed E-state index contributed by atoms with van der Waals surface area (Å²) >= 11 is 1.76. The van der Waals surface area contributed by atoms with Gasteiger partial charge in [0.2, 0.25) is 5.91 Å². The number of carbonyl (C=O) groups excluding carboxylic acids is 1. The summed E-state index contributed by atoms with van der Waals surface area (Å²) in [5.41, 5.74) is 0. The average Bonchev–Trinajstić information content (AvgIpc) is 2.29. The van der Waals surface area contributed by atoms with Gasteiger partial charge in [-0.2, -0.15) is 11.8 Å². The lowest BCUT2D eigenvalue weighted by Crippen LogP contribution is -2.53. The number of amides is 1. The van der Waals surface area contributed by atoms with Crippen LogP contribution in [0.15, 0.2) is 0 Å². The molecule has 0 saturated carbocycles. The fourth-order valence-corrected chi connectivity index (χ4v) is 2.22. The van der Waals surface area contributed by atoms with Gasteiger partial charge in [0.25, 0.3) is 0 Å². The predicted molar refractivity (Wildman–Crippen MR) is 63.2 cm³/mol. The van der Waals surface area contributed by atoms with Gasteiger partial charge in [0, 0.05) is 18.3 Å². The van der Waals surface area contributed by atoms with Crippen molar-refractivity contribution >= 4 is 17.7 Å². The first-order valence-corrected chi connectivity index (χ1v) is 6.77. The zero-order chi connectivity index (χ0) is 11.1. The molecule has 1 fully saturated rings. The molecule has 2 N–H and O–H groups in total. The van der Waals surface area contributed by atoms with Crippen LogP contribution in [0.4, 0.5) is 0 Å². The molecule has 0 spiro atoms. The Morgan fingerprint density at radius 2 is 2.53 bits per heavy atom. The first kappa shape index (κ1) is 12.8. The number of morpholine rings is 1. The van der Waals surface area contributed by atoms with E-state index < -0.39 is 0 Å². The van der Waals surface area contributed by atoms with Gasteiger partial charge in [-0.1, -0.05) is 6.92 Å². The van der Waals surface area contributed by atoms with Crippen LogP contribution >= 0.6 is 11.8 Å². The third-order valence-electron chi connectivity index (χ3n) is 2.45. The number of rotatable bonds is 5. The molecule has 0 aromatic rings. The molecule has 15 heavy (non-hydrogen) atoms. The Labute approximate surface area is 95.5 Å². The summed E-state index contributed by atoms with van der Waals surface area (Å²) in [5, 5.41) is 6.18. The summed E-state index contributed by atoms with van der Waals surface area (Å²) in [5.74, 6) is 1.03. The van der Waals surface area contributed by atoms with E-state index in [4.69, 9.17) is 4.74 Å². The van der Waals surface area contributed by atoms with Crippen LogP contribution in [0.25, 0.3) is 0 Å². The van der Waals surface area contributed by atoms with Crippen molar-refractivity contribution in [1.82, 2.24) is 10.6 Å². The summed E-state index contributed by atoms with van der Waals surface area (Å²) in [6, 6.07) is 0.103. The molecular weight excluding hydrogens is 212 g/mol. The fourth-order valence-electron chi connectivity index (χ4n) is 1.50. The number of ether oxygens (including phenoxy) is 1. The number of nitrogens with one attached hydrogen (secondary N) is 2. The molecule has 2 unspecified atom stereocenters. The molecule has 1 aliphatic heterocycles. The molecule has 0 aliphatic carbocycles. The van der Waals surface area contributed by atoms with Gasteiger partial charge >= 0.3 is 0 Å². The van der Waals surface area contributed by atoms with Gasteiger partial charge in [-0.3, -0.25) is 4.79 Å². The van der Waals surface area contributed by atoms with E-state index in [0.717, 1.165) is 18.7 Å². The van der Waals surface area contributed by atoms with Gasteiger partial charge in [-0.15, -0.1) is 0 Å². The lowest BCUT2D eigenvalue weighted by molar-refractivity contribution is -0.126. The molecule has 1 saturated heterocycles. The van der Waals surface area contributed by atoms with E-state index in [-0.39, 0.29) is 18.0 Å². The number of thioether (sulfide) groups is 1. The highest BCUT2D eigenvalue weighted by Crippen LogP contribution is 2.02. The first-order chi connectivity index (χ1) is 7.27. The van der Waals surface area contributed by atoms with Crippen LogP contribution in [-0.2, 0) is 9.53 Å². The van der Waals surface area contributed by atoms with Crippen LogP contribution in [0.5, 0.6) is 0 Å². The molecule has 0 aromatic heterocycles. The summed E-state index contributed by atoms with van der Waals surface area (Å²) in [6.45, 7) is 4.04. The van der Waals surface area contributed by atoms with Crippen LogP contribution < -0.4 is 10.6 Å². The lowest BCUT2D eigenvalue weighted by atomic mass is 10.2. The highest BCUT2D eigenvalue weighted by molar-refractivity contribution is 7.98. The van der Waals surface area contributed by atoms with Crippen molar-refractivity contribution in [2.75, 3.05) is 31.8 Å². The van der Waals surface area contributed by atoms with Crippen molar-refractivity contribution in [2.45, 2.75) is 25.4 Å².